The summed E-state index contributed by atoms with van der Waals surface area (Å²) < 4.78 is 0. The summed E-state index contributed by atoms with van der Waals surface area (Å²) in [5, 5.41) is 3.66. The maximum absolute atomic E-state index is 4.34. The van der Waals surface area contributed by atoms with E-state index in [0.29, 0.717) is 6.04 Å². The standard InChI is InChI=1S/C18H22N2/c1-3-9-20-18-8-7-16-15(5-4-6-17(16)18)14-10-13(2)11-19-12-14/h4-6,10-12,18,20H,3,7-9H2,1-2H3. The molecule has 0 bridgehead atoms. The van der Waals surface area contributed by atoms with Crippen molar-refractivity contribution in [2.24, 2.45) is 0 Å². The van der Waals surface area contributed by atoms with E-state index in [0.717, 1.165) is 6.54 Å². The first kappa shape index (κ1) is 13.3. The summed E-state index contributed by atoms with van der Waals surface area (Å²) in [4.78, 5) is 4.34. The Bertz CT molecular complexity index is 604. The van der Waals surface area contributed by atoms with Gasteiger partial charge in [-0.05, 0) is 61.1 Å². The number of hydrogen-bond acceptors (Lipinski definition) is 2. The number of aromatic nitrogens is 1. The molecule has 1 aliphatic rings. The van der Waals surface area contributed by atoms with Crippen molar-refractivity contribution in [2.45, 2.75) is 39.2 Å². The predicted octanol–water partition coefficient (Wildman–Crippen LogP) is 4.04. The second-order valence-electron chi connectivity index (χ2n) is 5.67. The van der Waals surface area contributed by atoms with Gasteiger partial charge in [0.05, 0.1) is 0 Å². The summed E-state index contributed by atoms with van der Waals surface area (Å²) in [6, 6.07) is 9.46. The molecule has 1 atom stereocenters. The summed E-state index contributed by atoms with van der Waals surface area (Å²) in [5.41, 5.74) is 6.82. The number of benzene rings is 1. The number of nitrogens with one attached hydrogen (secondary N) is 1. The van der Waals surface area contributed by atoms with Gasteiger partial charge < -0.3 is 5.32 Å². The highest BCUT2D eigenvalue weighted by Crippen LogP contribution is 2.37. The summed E-state index contributed by atoms with van der Waals surface area (Å²) >= 11 is 0. The average molecular weight is 266 g/mol. The highest BCUT2D eigenvalue weighted by Gasteiger charge is 2.24. The molecule has 2 heteroatoms. The van der Waals surface area contributed by atoms with Crippen molar-refractivity contribution in [3.8, 4) is 11.1 Å². The molecule has 3 rings (SSSR count). The minimum atomic E-state index is 0.530. The number of fused-ring (bicyclic) bond motifs is 1. The molecule has 1 N–H and O–H groups in total. The van der Waals surface area contributed by atoms with Gasteiger partial charge >= 0.3 is 0 Å². The number of aryl methyl sites for hydroxylation is 1. The first-order valence-electron chi connectivity index (χ1n) is 7.56. The van der Waals surface area contributed by atoms with Crippen molar-refractivity contribution in [3.05, 3.63) is 53.3 Å². The quantitative estimate of drug-likeness (QED) is 0.903. The van der Waals surface area contributed by atoms with Crippen LogP contribution in [0.2, 0.25) is 0 Å². The molecule has 0 amide bonds. The molecular formula is C18H22N2. The van der Waals surface area contributed by atoms with Crippen LogP contribution in [-0.2, 0) is 6.42 Å². The van der Waals surface area contributed by atoms with Crippen LogP contribution in [0.1, 0.15) is 42.5 Å². The van der Waals surface area contributed by atoms with E-state index in [1.807, 2.05) is 12.4 Å². The Kier molecular flexibility index (Phi) is 3.83. The third-order valence-corrected chi connectivity index (χ3v) is 4.10. The van der Waals surface area contributed by atoms with E-state index in [1.54, 1.807) is 0 Å². The minimum absolute atomic E-state index is 0.530. The van der Waals surface area contributed by atoms with Gasteiger partial charge in [0.25, 0.3) is 0 Å². The average Bonchev–Trinajstić information content (AvgIpc) is 2.88. The third-order valence-electron chi connectivity index (χ3n) is 4.10. The largest absolute Gasteiger partial charge is 0.310 e. The molecule has 1 aromatic carbocycles. The molecule has 1 aromatic heterocycles. The lowest BCUT2D eigenvalue weighted by atomic mass is 9.97. The lowest BCUT2D eigenvalue weighted by Crippen LogP contribution is -2.19. The molecule has 1 aliphatic carbocycles. The van der Waals surface area contributed by atoms with Crippen molar-refractivity contribution in [1.82, 2.24) is 10.3 Å². The molecule has 1 unspecified atom stereocenters. The molecule has 1 heterocycles. The molecule has 0 radical (unpaired) electrons. The lowest BCUT2D eigenvalue weighted by Gasteiger charge is -2.14. The van der Waals surface area contributed by atoms with E-state index in [9.17, 15) is 0 Å². The van der Waals surface area contributed by atoms with E-state index in [1.165, 1.54) is 47.1 Å². The summed E-state index contributed by atoms with van der Waals surface area (Å²) in [6.07, 6.45) is 7.47. The fourth-order valence-electron chi connectivity index (χ4n) is 3.16. The van der Waals surface area contributed by atoms with Crippen molar-refractivity contribution in [3.63, 3.8) is 0 Å². The number of hydrogen-bond donors (Lipinski definition) is 1. The van der Waals surface area contributed by atoms with Crippen LogP contribution in [0, 0.1) is 6.92 Å². The molecular weight excluding hydrogens is 244 g/mol. The first-order valence-corrected chi connectivity index (χ1v) is 7.56. The smallest absolute Gasteiger partial charge is 0.0346 e. The van der Waals surface area contributed by atoms with Gasteiger partial charge in [-0.3, -0.25) is 4.98 Å². The Labute approximate surface area is 121 Å². The van der Waals surface area contributed by atoms with Crippen molar-refractivity contribution in [2.75, 3.05) is 6.54 Å². The minimum Gasteiger partial charge on any atom is -0.310 e. The second-order valence-corrected chi connectivity index (χ2v) is 5.67. The maximum Gasteiger partial charge on any atom is 0.0346 e. The SMILES string of the molecule is CCCNC1CCc2c(-c3cncc(C)c3)cccc21. The molecule has 0 aliphatic heterocycles. The van der Waals surface area contributed by atoms with E-state index < -0.39 is 0 Å². The molecule has 0 saturated carbocycles. The van der Waals surface area contributed by atoms with Gasteiger partial charge in [-0.1, -0.05) is 25.1 Å². The van der Waals surface area contributed by atoms with Gasteiger partial charge in [-0.15, -0.1) is 0 Å². The maximum atomic E-state index is 4.34. The highest BCUT2D eigenvalue weighted by molar-refractivity contribution is 5.69. The van der Waals surface area contributed by atoms with Crippen LogP contribution in [-0.4, -0.2) is 11.5 Å². The molecule has 20 heavy (non-hydrogen) atoms. The van der Waals surface area contributed by atoms with Gasteiger partial charge in [-0.2, -0.15) is 0 Å². The lowest BCUT2D eigenvalue weighted by molar-refractivity contribution is 0.529. The van der Waals surface area contributed by atoms with Gasteiger partial charge in [0, 0.05) is 24.0 Å². The predicted molar refractivity (Wildman–Crippen MR) is 83.8 cm³/mol. The first-order chi connectivity index (χ1) is 9.79. The Morgan fingerprint density at radius 1 is 1.30 bits per heavy atom. The van der Waals surface area contributed by atoms with E-state index >= 15 is 0 Å². The van der Waals surface area contributed by atoms with Crippen molar-refractivity contribution < 1.29 is 0 Å². The van der Waals surface area contributed by atoms with Crippen LogP contribution in [0.5, 0.6) is 0 Å². The Hall–Kier alpha value is -1.67. The molecule has 0 saturated heterocycles. The molecule has 2 nitrogen and oxygen atoms in total. The van der Waals surface area contributed by atoms with Gasteiger partial charge in [0.15, 0.2) is 0 Å². The monoisotopic (exact) mass is 266 g/mol. The van der Waals surface area contributed by atoms with E-state index in [2.05, 4.69) is 48.4 Å². The fourth-order valence-corrected chi connectivity index (χ4v) is 3.16. The Morgan fingerprint density at radius 3 is 3.00 bits per heavy atom. The molecule has 0 fully saturated rings. The van der Waals surface area contributed by atoms with Crippen LogP contribution in [0.3, 0.4) is 0 Å². The third kappa shape index (κ3) is 2.48. The summed E-state index contributed by atoms with van der Waals surface area (Å²) in [5.74, 6) is 0. The highest BCUT2D eigenvalue weighted by atomic mass is 14.9. The zero-order valence-electron chi connectivity index (χ0n) is 12.3. The zero-order chi connectivity index (χ0) is 13.9. The molecule has 0 spiro atoms. The normalized spacial score (nSPS) is 17.2. The van der Waals surface area contributed by atoms with Crippen LogP contribution >= 0.6 is 0 Å². The summed E-state index contributed by atoms with van der Waals surface area (Å²) in [6.45, 7) is 5.42. The van der Waals surface area contributed by atoms with Crippen molar-refractivity contribution >= 4 is 0 Å². The molecule has 2 aromatic rings. The zero-order valence-corrected chi connectivity index (χ0v) is 12.3. The Morgan fingerprint density at radius 2 is 2.20 bits per heavy atom. The second kappa shape index (κ2) is 5.76. The van der Waals surface area contributed by atoms with E-state index in [-0.39, 0.29) is 0 Å². The van der Waals surface area contributed by atoms with Crippen LogP contribution in [0.15, 0.2) is 36.7 Å². The fraction of sp³-hybridized carbons (Fsp3) is 0.389. The number of rotatable bonds is 4. The summed E-state index contributed by atoms with van der Waals surface area (Å²) in [7, 11) is 0. The number of pyridine rings is 1. The van der Waals surface area contributed by atoms with Crippen LogP contribution in [0.4, 0.5) is 0 Å². The van der Waals surface area contributed by atoms with Crippen molar-refractivity contribution in [1.29, 1.82) is 0 Å². The molecule has 104 valence electrons. The van der Waals surface area contributed by atoms with Gasteiger partial charge in [-0.25, -0.2) is 0 Å². The van der Waals surface area contributed by atoms with Gasteiger partial charge in [0.1, 0.15) is 0 Å². The van der Waals surface area contributed by atoms with Gasteiger partial charge in [0.2, 0.25) is 0 Å². The Balaban J connectivity index is 1.97. The number of nitrogens with zero attached hydrogens (tertiary/aromatic N) is 1. The van der Waals surface area contributed by atoms with Crippen LogP contribution < -0.4 is 5.32 Å². The van der Waals surface area contributed by atoms with E-state index in [4.69, 9.17) is 0 Å². The topological polar surface area (TPSA) is 24.9 Å². The van der Waals surface area contributed by atoms with Crippen LogP contribution in [0.25, 0.3) is 11.1 Å².